The Kier molecular flexibility index (Phi) is 4.58. The second-order valence-corrected chi connectivity index (χ2v) is 5.66. The summed E-state index contributed by atoms with van der Waals surface area (Å²) in [5.74, 6) is 0.0329. The molecule has 3 rings (SSSR count). The van der Waals surface area contributed by atoms with Crippen molar-refractivity contribution in [2.75, 3.05) is 13.2 Å². The number of rotatable bonds is 5. The van der Waals surface area contributed by atoms with Crippen LogP contribution in [0.1, 0.15) is 36.0 Å². The van der Waals surface area contributed by atoms with Crippen LogP contribution in [0.5, 0.6) is 5.75 Å². The molecular weight excluding hydrogens is 284 g/mol. The number of hydrogen-bond acceptors (Lipinski definition) is 4. The van der Waals surface area contributed by atoms with Crippen molar-refractivity contribution in [3.8, 4) is 5.75 Å². The SMILES string of the molecule is O=C(NNC(=O)C1CC1)c1ccccc1OCC1CCCO1. The molecule has 1 aliphatic carbocycles. The molecule has 2 fully saturated rings. The van der Waals surface area contributed by atoms with Crippen molar-refractivity contribution in [1.82, 2.24) is 10.9 Å². The van der Waals surface area contributed by atoms with E-state index in [0.717, 1.165) is 32.3 Å². The van der Waals surface area contributed by atoms with Gasteiger partial charge >= 0.3 is 0 Å². The Morgan fingerprint density at radius 3 is 2.73 bits per heavy atom. The van der Waals surface area contributed by atoms with Crippen LogP contribution in [0.4, 0.5) is 0 Å². The summed E-state index contributed by atoms with van der Waals surface area (Å²) in [5, 5.41) is 0. The van der Waals surface area contributed by atoms with Gasteiger partial charge in [-0.3, -0.25) is 20.4 Å². The molecule has 0 spiro atoms. The molecule has 22 heavy (non-hydrogen) atoms. The monoisotopic (exact) mass is 304 g/mol. The molecule has 1 aliphatic heterocycles. The van der Waals surface area contributed by atoms with E-state index in [1.807, 2.05) is 6.07 Å². The van der Waals surface area contributed by atoms with Gasteiger partial charge in [0, 0.05) is 12.5 Å². The van der Waals surface area contributed by atoms with Crippen molar-refractivity contribution in [3.05, 3.63) is 29.8 Å². The highest BCUT2D eigenvalue weighted by Crippen LogP contribution is 2.28. The third kappa shape index (κ3) is 3.76. The third-order valence-corrected chi connectivity index (χ3v) is 3.83. The molecule has 1 saturated heterocycles. The highest BCUT2D eigenvalue weighted by atomic mass is 16.5. The molecule has 1 aromatic carbocycles. The predicted octanol–water partition coefficient (Wildman–Crippen LogP) is 1.42. The van der Waals surface area contributed by atoms with Gasteiger partial charge in [-0.25, -0.2) is 0 Å². The summed E-state index contributed by atoms with van der Waals surface area (Å²) in [6.07, 6.45) is 3.89. The largest absolute Gasteiger partial charge is 0.490 e. The summed E-state index contributed by atoms with van der Waals surface area (Å²) in [6.45, 7) is 1.20. The van der Waals surface area contributed by atoms with Crippen LogP contribution in [0.2, 0.25) is 0 Å². The van der Waals surface area contributed by atoms with Crippen LogP contribution in [0.25, 0.3) is 0 Å². The molecule has 1 heterocycles. The first-order chi connectivity index (χ1) is 10.7. The van der Waals surface area contributed by atoms with E-state index in [9.17, 15) is 9.59 Å². The van der Waals surface area contributed by atoms with Gasteiger partial charge in [-0.05, 0) is 37.8 Å². The Labute approximate surface area is 129 Å². The summed E-state index contributed by atoms with van der Waals surface area (Å²) < 4.78 is 11.2. The van der Waals surface area contributed by atoms with Gasteiger partial charge in [0.15, 0.2) is 0 Å². The van der Waals surface area contributed by atoms with Gasteiger partial charge in [-0.1, -0.05) is 12.1 Å². The van der Waals surface area contributed by atoms with E-state index < -0.39 is 0 Å². The molecule has 118 valence electrons. The van der Waals surface area contributed by atoms with E-state index in [1.165, 1.54) is 0 Å². The maximum Gasteiger partial charge on any atom is 0.273 e. The Hall–Kier alpha value is -2.08. The molecule has 1 atom stereocenters. The molecule has 0 bridgehead atoms. The van der Waals surface area contributed by atoms with E-state index in [4.69, 9.17) is 9.47 Å². The minimum absolute atomic E-state index is 0.0475. The predicted molar refractivity (Wildman–Crippen MR) is 79.2 cm³/mol. The molecule has 1 unspecified atom stereocenters. The number of ether oxygens (including phenoxy) is 2. The van der Waals surface area contributed by atoms with Gasteiger partial charge in [0.05, 0.1) is 11.7 Å². The maximum atomic E-state index is 12.2. The van der Waals surface area contributed by atoms with Gasteiger partial charge in [0.2, 0.25) is 5.91 Å². The van der Waals surface area contributed by atoms with Crippen molar-refractivity contribution >= 4 is 11.8 Å². The lowest BCUT2D eigenvalue weighted by atomic mass is 10.2. The fourth-order valence-electron chi connectivity index (χ4n) is 2.37. The van der Waals surface area contributed by atoms with E-state index in [2.05, 4.69) is 10.9 Å². The number of carbonyl (C=O) groups is 2. The molecular formula is C16H20N2O4. The Morgan fingerprint density at radius 2 is 2.00 bits per heavy atom. The number of benzene rings is 1. The first kappa shape index (κ1) is 14.8. The van der Waals surface area contributed by atoms with Gasteiger partial charge in [-0.2, -0.15) is 0 Å². The van der Waals surface area contributed by atoms with Gasteiger partial charge in [0.25, 0.3) is 5.91 Å². The first-order valence-corrected chi connectivity index (χ1v) is 7.67. The standard InChI is InChI=1S/C16H20N2O4/c19-15(11-7-8-11)17-18-16(20)13-5-1-2-6-14(13)22-10-12-4-3-9-21-12/h1-2,5-6,11-12H,3-4,7-10H2,(H,17,19)(H,18,20). The minimum atomic E-state index is -0.378. The number of hydrogen-bond donors (Lipinski definition) is 2. The summed E-state index contributed by atoms with van der Waals surface area (Å²) in [5.41, 5.74) is 5.29. The number of nitrogens with one attached hydrogen (secondary N) is 2. The average molecular weight is 304 g/mol. The van der Waals surface area contributed by atoms with Gasteiger partial charge in [-0.15, -0.1) is 0 Å². The van der Waals surface area contributed by atoms with E-state index in [0.29, 0.717) is 17.9 Å². The molecule has 1 saturated carbocycles. The zero-order chi connectivity index (χ0) is 15.4. The Balaban J connectivity index is 1.56. The van der Waals surface area contributed by atoms with E-state index in [-0.39, 0.29) is 23.8 Å². The van der Waals surface area contributed by atoms with Crippen LogP contribution in [0, 0.1) is 5.92 Å². The number of para-hydroxylation sites is 1. The van der Waals surface area contributed by atoms with Gasteiger partial charge in [0.1, 0.15) is 12.4 Å². The fourth-order valence-corrected chi connectivity index (χ4v) is 2.37. The number of carbonyl (C=O) groups excluding carboxylic acids is 2. The molecule has 2 amide bonds. The molecule has 2 aliphatic rings. The molecule has 6 heteroatoms. The van der Waals surface area contributed by atoms with Crippen LogP contribution in [0.3, 0.4) is 0 Å². The second-order valence-electron chi connectivity index (χ2n) is 5.66. The first-order valence-electron chi connectivity index (χ1n) is 7.67. The minimum Gasteiger partial charge on any atom is -0.490 e. The van der Waals surface area contributed by atoms with Crippen molar-refractivity contribution in [3.63, 3.8) is 0 Å². The van der Waals surface area contributed by atoms with Crippen molar-refractivity contribution in [2.45, 2.75) is 31.8 Å². The van der Waals surface area contributed by atoms with Crippen molar-refractivity contribution in [2.24, 2.45) is 5.92 Å². The van der Waals surface area contributed by atoms with E-state index >= 15 is 0 Å². The van der Waals surface area contributed by atoms with Crippen molar-refractivity contribution < 1.29 is 19.1 Å². The Bertz CT molecular complexity index is 551. The summed E-state index contributed by atoms with van der Waals surface area (Å²) in [7, 11) is 0. The van der Waals surface area contributed by atoms with Crippen LogP contribution in [0.15, 0.2) is 24.3 Å². The topological polar surface area (TPSA) is 76.7 Å². The van der Waals surface area contributed by atoms with Crippen LogP contribution >= 0.6 is 0 Å². The molecule has 2 N–H and O–H groups in total. The third-order valence-electron chi connectivity index (χ3n) is 3.83. The lowest BCUT2D eigenvalue weighted by Gasteiger charge is -2.14. The molecule has 1 aromatic rings. The highest BCUT2D eigenvalue weighted by Gasteiger charge is 2.30. The molecule has 6 nitrogen and oxygen atoms in total. The fraction of sp³-hybridized carbons (Fsp3) is 0.500. The maximum absolute atomic E-state index is 12.2. The van der Waals surface area contributed by atoms with E-state index in [1.54, 1.807) is 18.2 Å². The zero-order valence-electron chi connectivity index (χ0n) is 12.3. The van der Waals surface area contributed by atoms with Crippen molar-refractivity contribution in [1.29, 1.82) is 0 Å². The van der Waals surface area contributed by atoms with Gasteiger partial charge < -0.3 is 9.47 Å². The van der Waals surface area contributed by atoms with Crippen LogP contribution in [-0.4, -0.2) is 31.1 Å². The quantitative estimate of drug-likeness (QED) is 0.807. The summed E-state index contributed by atoms with van der Waals surface area (Å²) >= 11 is 0. The average Bonchev–Trinajstić information content (AvgIpc) is 3.27. The normalized spacial score (nSPS) is 20.5. The number of amides is 2. The Morgan fingerprint density at radius 1 is 1.18 bits per heavy atom. The molecule has 0 aromatic heterocycles. The second kappa shape index (κ2) is 6.79. The number of hydrazine groups is 1. The highest BCUT2D eigenvalue weighted by molar-refractivity contribution is 5.98. The lowest BCUT2D eigenvalue weighted by molar-refractivity contribution is -0.123. The summed E-state index contributed by atoms with van der Waals surface area (Å²) in [6, 6.07) is 6.98. The van der Waals surface area contributed by atoms with Crippen LogP contribution in [-0.2, 0) is 9.53 Å². The van der Waals surface area contributed by atoms with Crippen LogP contribution < -0.4 is 15.6 Å². The zero-order valence-corrected chi connectivity index (χ0v) is 12.3. The molecule has 0 radical (unpaired) electrons. The smallest absolute Gasteiger partial charge is 0.273 e. The lowest BCUT2D eigenvalue weighted by Crippen LogP contribution is -2.42. The summed E-state index contributed by atoms with van der Waals surface area (Å²) in [4.78, 5) is 23.7.